The molecule has 2 heterocycles. The summed E-state index contributed by atoms with van der Waals surface area (Å²) in [4.78, 5) is 9.00. The molecule has 1 unspecified atom stereocenters. The fraction of sp³-hybridized carbons (Fsp3) is 0.500. The normalized spacial score (nSPS) is 17.5. The number of hydrogen-bond acceptors (Lipinski definition) is 5. The first-order valence-corrected chi connectivity index (χ1v) is 9.34. The van der Waals surface area contributed by atoms with E-state index in [1.807, 2.05) is 31.2 Å². The van der Waals surface area contributed by atoms with Gasteiger partial charge in [-0.25, -0.2) is 0 Å². The summed E-state index contributed by atoms with van der Waals surface area (Å²) in [6, 6.07) is 7.36. The zero-order valence-corrected chi connectivity index (χ0v) is 15.6. The molecule has 1 fully saturated rings. The van der Waals surface area contributed by atoms with Gasteiger partial charge in [0.2, 0.25) is 11.7 Å². The summed E-state index contributed by atoms with van der Waals surface area (Å²) < 4.78 is 10.9. The molecule has 2 aromatic rings. The van der Waals surface area contributed by atoms with Gasteiger partial charge in [0.15, 0.2) is 5.96 Å². The van der Waals surface area contributed by atoms with E-state index in [0.29, 0.717) is 36.2 Å². The summed E-state index contributed by atoms with van der Waals surface area (Å²) in [5.74, 6) is 1.92. The fourth-order valence-corrected chi connectivity index (χ4v) is 2.81. The first-order valence-electron chi connectivity index (χ1n) is 8.97. The Hall–Kier alpha value is -2.12. The second-order valence-corrected chi connectivity index (χ2v) is 6.49. The molecule has 1 aliphatic rings. The molecule has 0 bridgehead atoms. The van der Waals surface area contributed by atoms with Gasteiger partial charge in [-0.15, -0.1) is 0 Å². The van der Waals surface area contributed by atoms with Crippen molar-refractivity contribution in [3.63, 3.8) is 0 Å². The van der Waals surface area contributed by atoms with Crippen molar-refractivity contribution in [2.45, 2.75) is 32.3 Å². The lowest BCUT2D eigenvalue weighted by atomic mass is 10.2. The van der Waals surface area contributed by atoms with Crippen LogP contribution in [0.4, 0.5) is 0 Å². The van der Waals surface area contributed by atoms with Crippen LogP contribution >= 0.6 is 11.6 Å². The summed E-state index contributed by atoms with van der Waals surface area (Å²) >= 11 is 5.90. The Labute approximate surface area is 158 Å². The van der Waals surface area contributed by atoms with E-state index in [2.05, 4.69) is 25.8 Å². The van der Waals surface area contributed by atoms with Gasteiger partial charge in [0.25, 0.3) is 0 Å². The quantitative estimate of drug-likeness (QED) is 0.570. The molecular weight excluding hydrogens is 354 g/mol. The van der Waals surface area contributed by atoms with E-state index in [1.165, 1.54) is 0 Å². The molecule has 7 nitrogen and oxygen atoms in total. The lowest BCUT2D eigenvalue weighted by Crippen LogP contribution is -2.39. The molecular formula is C18H24ClN5O2. The van der Waals surface area contributed by atoms with Crippen molar-refractivity contribution >= 4 is 17.6 Å². The highest BCUT2D eigenvalue weighted by molar-refractivity contribution is 6.30. The highest BCUT2D eigenvalue weighted by atomic mass is 35.5. The van der Waals surface area contributed by atoms with Crippen LogP contribution in [0.5, 0.6) is 0 Å². The van der Waals surface area contributed by atoms with Crippen LogP contribution < -0.4 is 10.6 Å². The van der Waals surface area contributed by atoms with E-state index in [4.69, 9.17) is 20.9 Å². The molecule has 1 saturated heterocycles. The van der Waals surface area contributed by atoms with Crippen LogP contribution in [0.25, 0.3) is 11.4 Å². The zero-order valence-electron chi connectivity index (χ0n) is 14.9. The molecule has 1 aromatic heterocycles. The number of halogens is 1. The van der Waals surface area contributed by atoms with Crippen LogP contribution in [0.2, 0.25) is 5.02 Å². The van der Waals surface area contributed by atoms with Crippen molar-refractivity contribution in [2.24, 2.45) is 4.99 Å². The Kier molecular flexibility index (Phi) is 6.85. The second kappa shape index (κ2) is 9.54. The number of guanidine groups is 1. The third kappa shape index (κ3) is 5.44. The summed E-state index contributed by atoms with van der Waals surface area (Å²) in [7, 11) is 0. The highest BCUT2D eigenvalue weighted by Crippen LogP contribution is 2.18. The van der Waals surface area contributed by atoms with Crippen LogP contribution in [0.3, 0.4) is 0 Å². The Morgan fingerprint density at radius 2 is 2.15 bits per heavy atom. The van der Waals surface area contributed by atoms with Gasteiger partial charge >= 0.3 is 0 Å². The van der Waals surface area contributed by atoms with E-state index in [1.54, 1.807) is 0 Å². The molecule has 8 heteroatoms. The molecule has 0 aliphatic carbocycles. The third-order valence-corrected chi connectivity index (χ3v) is 4.28. The summed E-state index contributed by atoms with van der Waals surface area (Å²) in [6.45, 7) is 5.02. The SMILES string of the molecule is CCNC(=NCC1CCCO1)NCCc1nc(-c2ccc(Cl)cc2)no1. The maximum Gasteiger partial charge on any atom is 0.228 e. The minimum atomic E-state index is 0.239. The summed E-state index contributed by atoms with van der Waals surface area (Å²) in [6.07, 6.45) is 3.06. The molecule has 0 spiro atoms. The number of hydrogen-bond donors (Lipinski definition) is 2. The average Bonchev–Trinajstić information content (AvgIpc) is 3.32. The Morgan fingerprint density at radius 1 is 1.31 bits per heavy atom. The lowest BCUT2D eigenvalue weighted by Gasteiger charge is -2.12. The number of rotatable bonds is 7. The van der Waals surface area contributed by atoms with Crippen molar-refractivity contribution in [1.29, 1.82) is 0 Å². The van der Waals surface area contributed by atoms with E-state index in [-0.39, 0.29) is 6.10 Å². The maximum atomic E-state index is 5.90. The molecule has 2 N–H and O–H groups in total. The average molecular weight is 378 g/mol. The first-order chi connectivity index (χ1) is 12.7. The van der Waals surface area contributed by atoms with E-state index in [9.17, 15) is 0 Å². The Bertz CT molecular complexity index is 711. The summed E-state index contributed by atoms with van der Waals surface area (Å²) in [5, 5.41) is 11.2. The molecule has 140 valence electrons. The largest absolute Gasteiger partial charge is 0.376 e. The van der Waals surface area contributed by atoms with Gasteiger partial charge in [-0.1, -0.05) is 16.8 Å². The number of aliphatic imine (C=N–C) groups is 1. The molecule has 26 heavy (non-hydrogen) atoms. The topological polar surface area (TPSA) is 84.6 Å². The predicted octanol–water partition coefficient (Wildman–Crippen LogP) is 2.67. The molecule has 1 atom stereocenters. The van der Waals surface area contributed by atoms with Gasteiger partial charge in [0, 0.05) is 36.7 Å². The van der Waals surface area contributed by atoms with Crippen molar-refractivity contribution in [2.75, 3.05) is 26.2 Å². The molecule has 1 aliphatic heterocycles. The van der Waals surface area contributed by atoms with Gasteiger partial charge in [-0.05, 0) is 44.0 Å². The molecule has 0 radical (unpaired) electrons. The molecule has 0 amide bonds. The van der Waals surface area contributed by atoms with Crippen molar-refractivity contribution in [3.05, 3.63) is 35.2 Å². The van der Waals surface area contributed by atoms with Crippen molar-refractivity contribution in [1.82, 2.24) is 20.8 Å². The Morgan fingerprint density at radius 3 is 2.88 bits per heavy atom. The first kappa shape index (κ1) is 18.7. The van der Waals surface area contributed by atoms with Crippen molar-refractivity contribution < 1.29 is 9.26 Å². The van der Waals surface area contributed by atoms with E-state index < -0.39 is 0 Å². The Balaban J connectivity index is 1.49. The standard InChI is InChI=1S/C18H24ClN5O2/c1-2-20-18(22-12-15-4-3-11-25-15)21-10-9-16-23-17(24-26-16)13-5-7-14(19)8-6-13/h5-8,15H,2-4,9-12H2,1H3,(H2,20,21,22). The molecule has 3 rings (SSSR count). The predicted molar refractivity (Wildman–Crippen MR) is 101 cm³/mol. The smallest absolute Gasteiger partial charge is 0.228 e. The van der Waals surface area contributed by atoms with E-state index in [0.717, 1.165) is 37.5 Å². The number of benzene rings is 1. The van der Waals surface area contributed by atoms with E-state index >= 15 is 0 Å². The summed E-state index contributed by atoms with van der Waals surface area (Å²) in [5.41, 5.74) is 0.879. The van der Waals surface area contributed by atoms with Gasteiger partial charge in [0.1, 0.15) is 0 Å². The number of ether oxygens (including phenoxy) is 1. The van der Waals surface area contributed by atoms with Gasteiger partial charge < -0.3 is 19.9 Å². The minimum Gasteiger partial charge on any atom is -0.376 e. The van der Waals surface area contributed by atoms with Crippen molar-refractivity contribution in [3.8, 4) is 11.4 Å². The lowest BCUT2D eigenvalue weighted by molar-refractivity contribution is 0.117. The van der Waals surface area contributed by atoms with Crippen LogP contribution in [0.15, 0.2) is 33.8 Å². The number of nitrogens with one attached hydrogen (secondary N) is 2. The second-order valence-electron chi connectivity index (χ2n) is 6.05. The number of aromatic nitrogens is 2. The number of nitrogens with zero attached hydrogens (tertiary/aromatic N) is 3. The highest BCUT2D eigenvalue weighted by Gasteiger charge is 2.15. The van der Waals surface area contributed by atoms with Crippen LogP contribution in [-0.2, 0) is 11.2 Å². The van der Waals surface area contributed by atoms with Crippen LogP contribution in [-0.4, -0.2) is 48.4 Å². The molecule has 1 aromatic carbocycles. The van der Waals surface area contributed by atoms with Gasteiger partial charge in [0.05, 0.1) is 12.6 Å². The molecule has 0 saturated carbocycles. The monoisotopic (exact) mass is 377 g/mol. The van der Waals surface area contributed by atoms with Crippen LogP contribution in [0.1, 0.15) is 25.7 Å². The minimum absolute atomic E-state index is 0.239. The fourth-order valence-electron chi connectivity index (χ4n) is 2.68. The zero-order chi connectivity index (χ0) is 18.2. The maximum absolute atomic E-state index is 5.90. The van der Waals surface area contributed by atoms with Crippen LogP contribution in [0, 0.1) is 0 Å². The van der Waals surface area contributed by atoms with Gasteiger partial charge in [-0.3, -0.25) is 4.99 Å². The third-order valence-electron chi connectivity index (χ3n) is 4.02. The van der Waals surface area contributed by atoms with Gasteiger partial charge in [-0.2, -0.15) is 4.98 Å².